The summed E-state index contributed by atoms with van der Waals surface area (Å²) in [4.78, 5) is 31.5. The monoisotopic (exact) mass is 518 g/mol. The van der Waals surface area contributed by atoms with E-state index in [4.69, 9.17) is 9.15 Å². The molecule has 0 saturated heterocycles. The van der Waals surface area contributed by atoms with Gasteiger partial charge < -0.3 is 19.0 Å². The van der Waals surface area contributed by atoms with Crippen molar-refractivity contribution in [2.24, 2.45) is 0 Å². The van der Waals surface area contributed by atoms with E-state index in [2.05, 4.69) is 0 Å². The van der Waals surface area contributed by atoms with E-state index >= 15 is 0 Å². The Balaban J connectivity index is 1.36. The van der Waals surface area contributed by atoms with Crippen molar-refractivity contribution in [1.29, 1.82) is 0 Å². The minimum absolute atomic E-state index is 0.122. The summed E-state index contributed by atoms with van der Waals surface area (Å²) in [6.07, 6.45) is 2.28. The summed E-state index contributed by atoms with van der Waals surface area (Å²) in [6.45, 7) is 2.84. The molecule has 0 saturated carbocycles. The Labute approximate surface area is 218 Å². The number of rotatable bonds is 8. The van der Waals surface area contributed by atoms with E-state index in [0.717, 1.165) is 23.3 Å². The molecule has 1 aliphatic heterocycles. The Kier molecular flexibility index (Phi) is 7.37. The molecule has 0 spiro atoms. The number of nitrogens with zero attached hydrogens (tertiary/aromatic N) is 2. The Morgan fingerprint density at radius 3 is 2.62 bits per heavy atom. The zero-order valence-corrected chi connectivity index (χ0v) is 21.2. The molecule has 1 atom stereocenters. The number of aryl methyl sites for hydroxylation is 1. The van der Waals surface area contributed by atoms with Crippen molar-refractivity contribution >= 4 is 23.2 Å². The molecule has 1 aliphatic rings. The highest BCUT2D eigenvalue weighted by atomic mass is 32.1. The fourth-order valence-electron chi connectivity index (χ4n) is 4.50. The molecule has 8 heteroatoms. The van der Waals surface area contributed by atoms with E-state index in [1.54, 1.807) is 28.4 Å². The standard InChI is InChI=1S/C29H27FN2O4S/c1-20-4-10-23(11-5-20)36-19-26-25-13-16-37-27(25)12-14-32(26)28(33)18-31(17-24-3-2-15-35-24)29(34)21-6-8-22(30)9-7-21/h2-11,13,15-16,26H,12,14,17-19H2,1H3/t26-/m1/s1. The van der Waals surface area contributed by atoms with Crippen molar-refractivity contribution in [3.05, 3.63) is 112 Å². The van der Waals surface area contributed by atoms with Gasteiger partial charge in [0.25, 0.3) is 5.91 Å². The third-order valence-electron chi connectivity index (χ3n) is 6.48. The maximum atomic E-state index is 13.7. The molecule has 4 aromatic rings. The zero-order valence-electron chi connectivity index (χ0n) is 20.4. The summed E-state index contributed by atoms with van der Waals surface area (Å²) >= 11 is 1.69. The highest BCUT2D eigenvalue weighted by Gasteiger charge is 2.34. The Hall–Kier alpha value is -3.91. The van der Waals surface area contributed by atoms with Gasteiger partial charge in [-0.25, -0.2) is 4.39 Å². The molecule has 5 rings (SSSR count). The molecular weight excluding hydrogens is 491 g/mol. The number of fused-ring (bicyclic) bond motifs is 1. The molecule has 0 unspecified atom stereocenters. The van der Waals surface area contributed by atoms with Crippen LogP contribution in [0.3, 0.4) is 0 Å². The van der Waals surface area contributed by atoms with Gasteiger partial charge in [-0.2, -0.15) is 0 Å². The fourth-order valence-corrected chi connectivity index (χ4v) is 5.43. The van der Waals surface area contributed by atoms with Gasteiger partial charge in [0.2, 0.25) is 5.91 Å². The van der Waals surface area contributed by atoms with Crippen LogP contribution in [0.2, 0.25) is 0 Å². The molecule has 0 aliphatic carbocycles. The maximum absolute atomic E-state index is 13.7. The van der Waals surface area contributed by atoms with E-state index < -0.39 is 5.82 Å². The van der Waals surface area contributed by atoms with Crippen LogP contribution >= 0.6 is 11.3 Å². The summed E-state index contributed by atoms with van der Waals surface area (Å²) in [5.41, 5.74) is 2.53. The maximum Gasteiger partial charge on any atom is 0.254 e. The summed E-state index contributed by atoms with van der Waals surface area (Å²) in [5.74, 6) is 0.316. The van der Waals surface area contributed by atoms with Crippen molar-refractivity contribution in [3.8, 4) is 5.75 Å². The number of hydrogen-bond donors (Lipinski definition) is 0. The van der Waals surface area contributed by atoms with Crippen LogP contribution in [0.15, 0.2) is 82.8 Å². The SMILES string of the molecule is Cc1ccc(OC[C@@H]2c3ccsc3CCN2C(=O)CN(Cc2ccco2)C(=O)c2ccc(F)cc2)cc1. The van der Waals surface area contributed by atoms with Gasteiger partial charge in [0.1, 0.15) is 30.5 Å². The van der Waals surface area contributed by atoms with E-state index in [-0.39, 0.29) is 30.9 Å². The fraction of sp³-hybridized carbons (Fsp3) is 0.241. The number of furan rings is 1. The number of hydrogen-bond acceptors (Lipinski definition) is 5. The Morgan fingerprint density at radius 1 is 1.11 bits per heavy atom. The molecule has 2 aromatic heterocycles. The minimum Gasteiger partial charge on any atom is -0.491 e. The van der Waals surface area contributed by atoms with Crippen molar-refractivity contribution in [3.63, 3.8) is 0 Å². The molecule has 2 amide bonds. The Bertz CT molecular complexity index is 1350. The third-order valence-corrected chi connectivity index (χ3v) is 7.47. The molecule has 0 radical (unpaired) electrons. The highest BCUT2D eigenvalue weighted by molar-refractivity contribution is 7.10. The van der Waals surface area contributed by atoms with Crippen LogP contribution in [0.5, 0.6) is 5.75 Å². The lowest BCUT2D eigenvalue weighted by Gasteiger charge is -2.37. The van der Waals surface area contributed by atoms with Crippen molar-refractivity contribution < 1.29 is 23.1 Å². The van der Waals surface area contributed by atoms with Crippen molar-refractivity contribution in [2.75, 3.05) is 19.7 Å². The van der Waals surface area contributed by atoms with Gasteiger partial charge in [0.05, 0.1) is 18.8 Å². The highest BCUT2D eigenvalue weighted by Crippen LogP contribution is 2.34. The van der Waals surface area contributed by atoms with Crippen LogP contribution < -0.4 is 4.74 Å². The predicted molar refractivity (Wildman–Crippen MR) is 139 cm³/mol. The van der Waals surface area contributed by atoms with Gasteiger partial charge in [-0.05, 0) is 78.9 Å². The summed E-state index contributed by atoms with van der Waals surface area (Å²) in [5, 5.41) is 2.04. The number of amides is 2. The zero-order chi connectivity index (χ0) is 25.8. The van der Waals surface area contributed by atoms with Crippen LogP contribution in [-0.2, 0) is 17.8 Å². The van der Waals surface area contributed by atoms with E-state index in [0.29, 0.717) is 24.5 Å². The smallest absolute Gasteiger partial charge is 0.254 e. The second-order valence-corrected chi connectivity index (χ2v) is 10.0. The lowest BCUT2D eigenvalue weighted by atomic mass is 10.0. The summed E-state index contributed by atoms with van der Waals surface area (Å²) in [6, 6.07) is 18.4. The summed E-state index contributed by atoms with van der Waals surface area (Å²) < 4.78 is 25.0. The van der Waals surface area contributed by atoms with E-state index in [1.807, 2.05) is 42.6 Å². The lowest BCUT2D eigenvalue weighted by Crippen LogP contribution is -2.47. The first-order valence-corrected chi connectivity index (χ1v) is 13.0. The Morgan fingerprint density at radius 2 is 1.89 bits per heavy atom. The molecule has 6 nitrogen and oxygen atoms in total. The van der Waals surface area contributed by atoms with Crippen molar-refractivity contribution in [2.45, 2.75) is 25.9 Å². The van der Waals surface area contributed by atoms with Crippen LogP contribution in [0, 0.1) is 12.7 Å². The molecule has 0 bridgehead atoms. The minimum atomic E-state index is -0.429. The molecule has 190 valence electrons. The summed E-state index contributed by atoms with van der Waals surface area (Å²) in [7, 11) is 0. The first-order chi connectivity index (χ1) is 18.0. The van der Waals surface area contributed by atoms with Gasteiger partial charge >= 0.3 is 0 Å². The van der Waals surface area contributed by atoms with Crippen LogP contribution in [0.1, 0.15) is 38.2 Å². The molecule has 0 N–H and O–H groups in total. The van der Waals surface area contributed by atoms with Crippen molar-refractivity contribution in [1.82, 2.24) is 9.80 Å². The number of benzene rings is 2. The van der Waals surface area contributed by atoms with E-state index in [1.165, 1.54) is 40.3 Å². The van der Waals surface area contributed by atoms with E-state index in [9.17, 15) is 14.0 Å². The topological polar surface area (TPSA) is 63.0 Å². The van der Waals surface area contributed by atoms with Gasteiger partial charge in [-0.3, -0.25) is 9.59 Å². The lowest BCUT2D eigenvalue weighted by molar-refractivity contribution is -0.135. The first kappa shape index (κ1) is 24.8. The van der Waals surface area contributed by atoms with Gasteiger partial charge in [-0.1, -0.05) is 17.7 Å². The average Bonchev–Trinajstić information content (AvgIpc) is 3.60. The normalized spacial score (nSPS) is 14.8. The third kappa shape index (κ3) is 5.75. The number of thiophene rings is 1. The van der Waals surface area contributed by atoms with Gasteiger partial charge in [0, 0.05) is 17.0 Å². The molecular formula is C29H27FN2O4S. The molecule has 2 aromatic carbocycles. The number of ether oxygens (including phenoxy) is 1. The predicted octanol–water partition coefficient (Wildman–Crippen LogP) is 5.64. The molecule has 0 fully saturated rings. The van der Waals surface area contributed by atoms with Gasteiger partial charge in [-0.15, -0.1) is 11.3 Å². The average molecular weight is 519 g/mol. The second kappa shape index (κ2) is 11.0. The van der Waals surface area contributed by atoms with Crippen LogP contribution in [-0.4, -0.2) is 41.3 Å². The largest absolute Gasteiger partial charge is 0.491 e. The number of halogens is 1. The van der Waals surface area contributed by atoms with Crippen LogP contribution in [0.25, 0.3) is 0 Å². The quantitative estimate of drug-likeness (QED) is 0.303. The van der Waals surface area contributed by atoms with Gasteiger partial charge in [0.15, 0.2) is 0 Å². The second-order valence-electron chi connectivity index (χ2n) is 9.02. The number of carbonyl (C=O) groups excluding carboxylic acids is 2. The number of carbonyl (C=O) groups is 2. The first-order valence-electron chi connectivity index (χ1n) is 12.1. The molecule has 37 heavy (non-hydrogen) atoms. The van der Waals surface area contributed by atoms with Crippen LogP contribution in [0.4, 0.5) is 4.39 Å². The molecule has 3 heterocycles.